The first-order chi connectivity index (χ1) is 11.5. The van der Waals surface area contributed by atoms with Crippen molar-refractivity contribution in [1.29, 1.82) is 0 Å². The summed E-state index contributed by atoms with van der Waals surface area (Å²) in [7, 11) is 0. The fourth-order valence-corrected chi connectivity index (χ4v) is 2.43. The van der Waals surface area contributed by atoms with E-state index in [1.807, 2.05) is 0 Å². The molecular formula is C16H18ClNO6. The molecule has 1 unspecified atom stereocenters. The van der Waals surface area contributed by atoms with Crippen LogP contribution in [0.1, 0.15) is 5.56 Å². The number of hydrogen-bond acceptors (Lipinski definition) is 5. The molecule has 7 nitrogen and oxygen atoms in total. The average molecular weight is 356 g/mol. The molecule has 2 rings (SSSR count). The van der Waals surface area contributed by atoms with Crippen molar-refractivity contribution >= 4 is 23.5 Å². The predicted molar refractivity (Wildman–Crippen MR) is 86.7 cm³/mol. The van der Waals surface area contributed by atoms with Crippen LogP contribution in [0, 0.1) is 0 Å². The summed E-state index contributed by atoms with van der Waals surface area (Å²) in [4.78, 5) is 23.2. The number of fused-ring (bicyclic) bond motifs is 1. The minimum Gasteiger partial charge on any atom is -0.486 e. The first-order valence-corrected chi connectivity index (χ1v) is 7.68. The molecule has 1 aromatic rings. The molecule has 0 saturated carbocycles. The second-order valence-electron chi connectivity index (χ2n) is 5.06. The summed E-state index contributed by atoms with van der Waals surface area (Å²) in [6, 6.07) is 2.12. The first-order valence-electron chi connectivity index (χ1n) is 7.30. The molecule has 2 N–H and O–H groups in total. The number of amides is 1. The number of aliphatic carboxylic acids is 1. The van der Waals surface area contributed by atoms with Crippen LogP contribution >= 0.6 is 11.6 Å². The third kappa shape index (κ3) is 4.87. The molecule has 130 valence electrons. The maximum Gasteiger partial charge on any atom is 0.328 e. The predicted octanol–water partition coefficient (Wildman–Crippen LogP) is 1.43. The zero-order valence-electron chi connectivity index (χ0n) is 12.9. The van der Waals surface area contributed by atoms with Gasteiger partial charge in [-0.3, -0.25) is 4.79 Å². The highest BCUT2D eigenvalue weighted by Crippen LogP contribution is 2.38. The van der Waals surface area contributed by atoms with Gasteiger partial charge >= 0.3 is 5.97 Å². The van der Waals surface area contributed by atoms with Gasteiger partial charge in [0.1, 0.15) is 13.2 Å². The topological polar surface area (TPSA) is 94.1 Å². The molecule has 1 aliphatic heterocycles. The van der Waals surface area contributed by atoms with E-state index in [-0.39, 0.29) is 19.6 Å². The number of halogens is 1. The van der Waals surface area contributed by atoms with Gasteiger partial charge in [-0.2, -0.15) is 0 Å². The molecule has 0 spiro atoms. The Kier molecular flexibility index (Phi) is 6.45. The molecule has 0 bridgehead atoms. The molecule has 1 amide bonds. The fraction of sp³-hybridized carbons (Fsp3) is 0.375. The van der Waals surface area contributed by atoms with E-state index < -0.39 is 17.9 Å². The Morgan fingerprint density at radius 3 is 2.88 bits per heavy atom. The highest BCUT2D eigenvalue weighted by molar-refractivity contribution is 6.32. The van der Waals surface area contributed by atoms with Crippen molar-refractivity contribution in [1.82, 2.24) is 5.32 Å². The van der Waals surface area contributed by atoms with Gasteiger partial charge < -0.3 is 24.6 Å². The average Bonchev–Trinajstić information content (AvgIpc) is 2.54. The molecule has 8 heteroatoms. The second kappa shape index (κ2) is 8.56. The van der Waals surface area contributed by atoms with Crippen LogP contribution < -0.4 is 14.8 Å². The van der Waals surface area contributed by atoms with Crippen LogP contribution in [-0.4, -0.2) is 49.5 Å². The van der Waals surface area contributed by atoms with E-state index >= 15 is 0 Å². The van der Waals surface area contributed by atoms with Crippen LogP contribution in [0.15, 0.2) is 24.8 Å². The van der Waals surface area contributed by atoms with Crippen molar-refractivity contribution in [2.75, 3.05) is 26.4 Å². The zero-order chi connectivity index (χ0) is 17.5. The zero-order valence-corrected chi connectivity index (χ0v) is 13.7. The summed E-state index contributed by atoms with van der Waals surface area (Å²) in [5.74, 6) is -0.709. The highest BCUT2D eigenvalue weighted by atomic mass is 35.5. The number of nitrogens with one attached hydrogen (secondary N) is 1. The van der Waals surface area contributed by atoms with E-state index in [9.17, 15) is 9.59 Å². The summed E-state index contributed by atoms with van der Waals surface area (Å²) >= 11 is 6.11. The van der Waals surface area contributed by atoms with E-state index in [4.69, 9.17) is 30.9 Å². The number of carboxylic acid groups (broad SMARTS) is 1. The number of hydrogen-bond donors (Lipinski definition) is 2. The number of rotatable bonds is 8. The molecule has 0 fully saturated rings. The van der Waals surface area contributed by atoms with Crippen molar-refractivity contribution in [3.63, 3.8) is 0 Å². The monoisotopic (exact) mass is 355 g/mol. The van der Waals surface area contributed by atoms with Crippen LogP contribution in [0.3, 0.4) is 0 Å². The van der Waals surface area contributed by atoms with E-state index in [2.05, 4.69) is 11.9 Å². The first kappa shape index (κ1) is 18.1. The van der Waals surface area contributed by atoms with Crippen molar-refractivity contribution in [2.24, 2.45) is 0 Å². The Morgan fingerprint density at radius 1 is 1.42 bits per heavy atom. The lowest BCUT2D eigenvalue weighted by atomic mass is 10.1. The van der Waals surface area contributed by atoms with E-state index in [1.54, 1.807) is 12.1 Å². The van der Waals surface area contributed by atoms with Gasteiger partial charge in [-0.15, -0.1) is 6.58 Å². The third-order valence-corrected chi connectivity index (χ3v) is 3.46. The molecule has 1 aromatic carbocycles. The molecule has 24 heavy (non-hydrogen) atoms. The summed E-state index contributed by atoms with van der Waals surface area (Å²) in [6.45, 7) is 4.35. The normalized spacial score (nSPS) is 13.9. The Hall–Kier alpha value is -2.25. The molecule has 1 atom stereocenters. The van der Waals surface area contributed by atoms with Crippen molar-refractivity contribution in [2.45, 2.75) is 12.5 Å². The van der Waals surface area contributed by atoms with Gasteiger partial charge in [0.25, 0.3) is 0 Å². The largest absolute Gasteiger partial charge is 0.486 e. The molecule has 1 heterocycles. The maximum atomic E-state index is 12.1. The summed E-state index contributed by atoms with van der Waals surface area (Å²) in [6.07, 6.45) is 1.46. The fourth-order valence-electron chi connectivity index (χ4n) is 2.14. The van der Waals surface area contributed by atoms with E-state index in [1.165, 1.54) is 6.08 Å². The Morgan fingerprint density at radius 2 is 2.17 bits per heavy atom. The van der Waals surface area contributed by atoms with Gasteiger partial charge in [0.2, 0.25) is 5.91 Å². The van der Waals surface area contributed by atoms with Gasteiger partial charge in [-0.05, 0) is 17.7 Å². The van der Waals surface area contributed by atoms with Crippen LogP contribution in [0.4, 0.5) is 0 Å². The molecule has 1 aliphatic rings. The minimum atomic E-state index is -1.17. The van der Waals surface area contributed by atoms with E-state index in [0.29, 0.717) is 35.3 Å². The van der Waals surface area contributed by atoms with Crippen molar-refractivity contribution in [3.05, 3.63) is 35.4 Å². The highest BCUT2D eigenvalue weighted by Gasteiger charge is 2.22. The molecule has 0 saturated heterocycles. The molecule has 0 aliphatic carbocycles. The van der Waals surface area contributed by atoms with Gasteiger partial charge in [0.05, 0.1) is 24.7 Å². The third-order valence-electron chi connectivity index (χ3n) is 3.17. The van der Waals surface area contributed by atoms with Gasteiger partial charge in [-0.25, -0.2) is 4.79 Å². The van der Waals surface area contributed by atoms with Gasteiger partial charge in [0.15, 0.2) is 17.5 Å². The summed E-state index contributed by atoms with van der Waals surface area (Å²) < 4.78 is 15.9. The van der Waals surface area contributed by atoms with Crippen molar-refractivity contribution < 1.29 is 28.9 Å². The lowest BCUT2D eigenvalue weighted by Gasteiger charge is -2.20. The Bertz CT molecular complexity index is 633. The molecule has 0 radical (unpaired) electrons. The summed E-state index contributed by atoms with van der Waals surface area (Å²) in [5, 5.41) is 11.9. The van der Waals surface area contributed by atoms with E-state index in [0.717, 1.165) is 0 Å². The second-order valence-corrected chi connectivity index (χ2v) is 5.47. The van der Waals surface area contributed by atoms with Crippen LogP contribution in [-0.2, 0) is 20.7 Å². The Labute approximate surface area is 144 Å². The Balaban J connectivity index is 1.99. The van der Waals surface area contributed by atoms with Crippen LogP contribution in [0.2, 0.25) is 5.02 Å². The standard InChI is InChI=1S/C16H18ClNO6/c1-2-3-22-9-12(16(20)21)18-14(19)8-10-6-11(17)15-13(7-10)23-4-5-24-15/h2,6-7,12H,1,3-5,8-9H2,(H,18,19)(H,20,21). The molecular weight excluding hydrogens is 338 g/mol. The summed E-state index contributed by atoms with van der Waals surface area (Å²) in [5.41, 5.74) is 0.595. The number of carbonyl (C=O) groups excluding carboxylic acids is 1. The minimum absolute atomic E-state index is 0.0401. The SMILES string of the molecule is C=CCOCC(NC(=O)Cc1cc(Cl)c2c(c1)OCCO2)C(=O)O. The number of carbonyl (C=O) groups is 2. The number of ether oxygens (including phenoxy) is 3. The quantitative estimate of drug-likeness (QED) is 0.541. The smallest absolute Gasteiger partial charge is 0.328 e. The number of benzene rings is 1. The lowest BCUT2D eigenvalue weighted by Crippen LogP contribution is -2.44. The van der Waals surface area contributed by atoms with Crippen LogP contribution in [0.5, 0.6) is 11.5 Å². The van der Waals surface area contributed by atoms with Gasteiger partial charge in [-0.1, -0.05) is 17.7 Å². The van der Waals surface area contributed by atoms with Crippen LogP contribution in [0.25, 0.3) is 0 Å². The van der Waals surface area contributed by atoms with Gasteiger partial charge in [0, 0.05) is 0 Å². The maximum absolute atomic E-state index is 12.1. The number of carboxylic acids is 1. The molecule has 0 aromatic heterocycles. The lowest BCUT2D eigenvalue weighted by molar-refractivity contribution is -0.143. The van der Waals surface area contributed by atoms with Crippen molar-refractivity contribution in [3.8, 4) is 11.5 Å².